The number of nitrogens with zero attached hydrogens (tertiary/aromatic N) is 2. The second kappa shape index (κ2) is 10.9. The lowest BCUT2D eigenvalue weighted by Gasteiger charge is -2.34. The van der Waals surface area contributed by atoms with E-state index in [2.05, 4.69) is 31.1 Å². The molecule has 1 saturated heterocycles. The number of aromatic nitrogens is 1. The van der Waals surface area contributed by atoms with Crippen molar-refractivity contribution < 1.29 is 17.9 Å². The summed E-state index contributed by atoms with van der Waals surface area (Å²) in [5.41, 5.74) is 2.07. The number of hydrogen-bond donors (Lipinski definition) is 1. The molecule has 1 aliphatic heterocycles. The van der Waals surface area contributed by atoms with E-state index in [9.17, 15) is 13.2 Å². The largest absolute Gasteiger partial charge is 0.494 e. The van der Waals surface area contributed by atoms with Gasteiger partial charge in [-0.25, -0.2) is 13.4 Å². The van der Waals surface area contributed by atoms with Crippen LogP contribution in [-0.4, -0.2) is 43.3 Å². The van der Waals surface area contributed by atoms with Crippen LogP contribution in [-0.2, 0) is 10.0 Å². The van der Waals surface area contributed by atoms with Crippen LogP contribution in [0.1, 0.15) is 44.0 Å². The number of rotatable bonds is 8. The van der Waals surface area contributed by atoms with Gasteiger partial charge in [-0.3, -0.25) is 10.1 Å². The zero-order valence-corrected chi connectivity index (χ0v) is 21.9. The van der Waals surface area contributed by atoms with Gasteiger partial charge in [0.25, 0.3) is 5.91 Å². The smallest absolute Gasteiger partial charge is 0.257 e. The van der Waals surface area contributed by atoms with E-state index in [-0.39, 0.29) is 10.8 Å². The first-order valence-corrected chi connectivity index (χ1v) is 14.2. The van der Waals surface area contributed by atoms with Crippen LogP contribution in [0.25, 0.3) is 11.3 Å². The summed E-state index contributed by atoms with van der Waals surface area (Å²) in [6.45, 7) is 7.94. The molecule has 186 valence electrons. The molecular formula is C26H31N3O4S2. The second-order valence-corrected chi connectivity index (χ2v) is 12.0. The fourth-order valence-corrected chi connectivity index (χ4v) is 6.70. The quantitative estimate of drug-likeness (QED) is 0.429. The van der Waals surface area contributed by atoms with Gasteiger partial charge in [0, 0.05) is 29.6 Å². The lowest BCUT2D eigenvalue weighted by atomic mass is 9.94. The van der Waals surface area contributed by atoms with Crippen molar-refractivity contribution >= 4 is 32.4 Å². The molecule has 0 saturated carbocycles. The Balaban J connectivity index is 1.40. The van der Waals surface area contributed by atoms with Gasteiger partial charge < -0.3 is 4.74 Å². The second-order valence-electron chi connectivity index (χ2n) is 9.16. The van der Waals surface area contributed by atoms with Gasteiger partial charge in [0.1, 0.15) is 5.75 Å². The van der Waals surface area contributed by atoms with Crippen LogP contribution in [0, 0.1) is 11.8 Å². The molecule has 7 nitrogen and oxygen atoms in total. The summed E-state index contributed by atoms with van der Waals surface area (Å²) < 4.78 is 33.3. The van der Waals surface area contributed by atoms with Crippen molar-refractivity contribution in [3.05, 3.63) is 59.5 Å². The van der Waals surface area contributed by atoms with E-state index in [1.54, 1.807) is 16.4 Å². The van der Waals surface area contributed by atoms with Crippen molar-refractivity contribution in [3.8, 4) is 17.0 Å². The van der Waals surface area contributed by atoms with Gasteiger partial charge >= 0.3 is 0 Å². The molecule has 0 radical (unpaired) electrons. The summed E-state index contributed by atoms with van der Waals surface area (Å²) in [6, 6.07) is 13.8. The summed E-state index contributed by atoms with van der Waals surface area (Å²) in [7, 11) is -3.58. The minimum atomic E-state index is -3.58. The molecule has 0 bridgehead atoms. The van der Waals surface area contributed by atoms with Crippen LogP contribution < -0.4 is 10.1 Å². The van der Waals surface area contributed by atoms with Crippen LogP contribution in [0.15, 0.2) is 58.8 Å². The van der Waals surface area contributed by atoms with Crippen molar-refractivity contribution in [2.24, 2.45) is 11.8 Å². The highest BCUT2D eigenvalue weighted by Gasteiger charge is 2.31. The molecule has 1 aliphatic rings. The number of thiazole rings is 1. The number of nitrogens with one attached hydrogen (secondary N) is 1. The van der Waals surface area contributed by atoms with E-state index in [0.29, 0.717) is 42.2 Å². The highest BCUT2D eigenvalue weighted by atomic mass is 32.2. The minimum absolute atomic E-state index is 0.207. The molecule has 1 aromatic heterocycles. The molecule has 4 rings (SSSR count). The molecule has 3 aromatic rings. The maximum atomic E-state index is 13.1. The van der Waals surface area contributed by atoms with Crippen LogP contribution in [0.2, 0.25) is 0 Å². The zero-order chi connectivity index (χ0) is 25.0. The molecule has 2 aromatic carbocycles. The molecule has 0 spiro atoms. The Bertz CT molecular complexity index is 1240. The molecular weight excluding hydrogens is 482 g/mol. The number of amides is 1. The fraction of sp³-hybridized carbons (Fsp3) is 0.385. The SMILES string of the molecule is CCCOc1ccc(-c2csc(NC(=O)c3ccc(S(=O)(=O)N4C[C@H](C)C[C@H](C)C4)cc3)n2)cc1. The predicted molar refractivity (Wildman–Crippen MR) is 139 cm³/mol. The summed E-state index contributed by atoms with van der Waals surface area (Å²) in [5, 5.41) is 5.16. The van der Waals surface area contributed by atoms with Crippen molar-refractivity contribution in [2.75, 3.05) is 25.0 Å². The standard InChI is InChI=1S/C26H31N3O4S2/c1-4-13-33-22-9-5-20(6-10-22)24-17-34-26(27-24)28-25(30)21-7-11-23(12-8-21)35(31,32)29-15-18(2)14-19(3)16-29/h5-12,17-19H,4,13-16H2,1-3H3,(H,27,28,30)/t18-,19+. The third-order valence-corrected chi connectivity index (χ3v) is 8.54. The van der Waals surface area contributed by atoms with Gasteiger partial charge in [-0.05, 0) is 73.2 Å². The third-order valence-electron chi connectivity index (χ3n) is 5.94. The zero-order valence-electron chi connectivity index (χ0n) is 20.2. The van der Waals surface area contributed by atoms with E-state index < -0.39 is 10.0 Å². The van der Waals surface area contributed by atoms with E-state index in [4.69, 9.17) is 4.74 Å². The molecule has 0 unspecified atom stereocenters. The summed E-state index contributed by atoms with van der Waals surface area (Å²) >= 11 is 1.34. The highest BCUT2D eigenvalue weighted by molar-refractivity contribution is 7.89. The van der Waals surface area contributed by atoms with Gasteiger partial charge in [-0.2, -0.15) is 4.31 Å². The maximum absolute atomic E-state index is 13.1. The molecule has 2 atom stereocenters. The Morgan fingerprint density at radius 3 is 2.37 bits per heavy atom. The maximum Gasteiger partial charge on any atom is 0.257 e. The molecule has 9 heteroatoms. The molecule has 1 amide bonds. The van der Waals surface area contributed by atoms with E-state index in [1.807, 2.05) is 29.6 Å². The summed E-state index contributed by atoms with van der Waals surface area (Å²) in [4.78, 5) is 17.5. The number of carbonyl (C=O) groups is 1. The lowest BCUT2D eigenvalue weighted by molar-refractivity contribution is 0.102. The number of benzene rings is 2. The number of piperidine rings is 1. The third kappa shape index (κ3) is 6.09. The van der Waals surface area contributed by atoms with E-state index in [1.165, 1.54) is 23.5 Å². The highest BCUT2D eigenvalue weighted by Crippen LogP contribution is 2.28. The van der Waals surface area contributed by atoms with Gasteiger partial charge in [0.15, 0.2) is 5.13 Å². The molecule has 1 fully saturated rings. The van der Waals surface area contributed by atoms with Gasteiger partial charge in [0.2, 0.25) is 10.0 Å². The molecule has 2 heterocycles. The summed E-state index contributed by atoms with van der Waals surface area (Å²) in [6.07, 6.45) is 1.98. The Morgan fingerprint density at radius 1 is 1.09 bits per heavy atom. The monoisotopic (exact) mass is 513 g/mol. The molecule has 1 N–H and O–H groups in total. The summed E-state index contributed by atoms with van der Waals surface area (Å²) in [5.74, 6) is 1.13. The number of hydrogen-bond acceptors (Lipinski definition) is 6. The van der Waals surface area contributed by atoms with Gasteiger partial charge in [-0.1, -0.05) is 20.8 Å². The fourth-order valence-electron chi connectivity index (χ4n) is 4.30. The number of sulfonamides is 1. The van der Waals surface area contributed by atoms with Crippen LogP contribution in [0.5, 0.6) is 5.75 Å². The molecule has 35 heavy (non-hydrogen) atoms. The topological polar surface area (TPSA) is 88.6 Å². The van der Waals surface area contributed by atoms with Crippen molar-refractivity contribution in [3.63, 3.8) is 0 Å². The van der Waals surface area contributed by atoms with Crippen LogP contribution in [0.3, 0.4) is 0 Å². The van der Waals surface area contributed by atoms with Gasteiger partial charge in [-0.15, -0.1) is 11.3 Å². The lowest BCUT2D eigenvalue weighted by Crippen LogP contribution is -2.42. The average molecular weight is 514 g/mol. The number of ether oxygens (including phenoxy) is 1. The Hall–Kier alpha value is -2.75. The number of anilines is 1. The number of carbonyl (C=O) groups excluding carboxylic acids is 1. The Morgan fingerprint density at radius 2 is 1.74 bits per heavy atom. The normalized spacial score (nSPS) is 18.8. The van der Waals surface area contributed by atoms with E-state index >= 15 is 0 Å². The first kappa shape index (κ1) is 25.3. The van der Waals surface area contributed by atoms with Crippen molar-refractivity contribution in [2.45, 2.75) is 38.5 Å². The Labute approximate surface area is 211 Å². The van der Waals surface area contributed by atoms with Gasteiger partial charge in [0.05, 0.1) is 17.2 Å². The predicted octanol–water partition coefficient (Wildman–Crippen LogP) is 5.52. The first-order valence-electron chi connectivity index (χ1n) is 11.9. The minimum Gasteiger partial charge on any atom is -0.494 e. The Kier molecular flexibility index (Phi) is 7.88. The molecule has 0 aliphatic carbocycles. The first-order chi connectivity index (χ1) is 16.8. The average Bonchev–Trinajstić information content (AvgIpc) is 3.31. The van der Waals surface area contributed by atoms with Crippen molar-refractivity contribution in [1.82, 2.24) is 9.29 Å². The van der Waals surface area contributed by atoms with Crippen LogP contribution in [0.4, 0.5) is 5.13 Å². The van der Waals surface area contributed by atoms with Crippen molar-refractivity contribution in [1.29, 1.82) is 0 Å². The van der Waals surface area contributed by atoms with Crippen LogP contribution >= 0.6 is 11.3 Å². The van der Waals surface area contributed by atoms with E-state index in [0.717, 1.165) is 29.8 Å².